The zero-order valence-corrected chi connectivity index (χ0v) is 16.1. The second-order valence-corrected chi connectivity index (χ2v) is 7.76. The maximum Gasteiger partial charge on any atom is 0.414 e. The fourth-order valence-corrected chi connectivity index (χ4v) is 5.45. The van der Waals surface area contributed by atoms with E-state index in [-0.39, 0.29) is 19.4 Å². The molecule has 3 aliphatic rings. The molecular weight excluding hydrogens is 376 g/mol. The van der Waals surface area contributed by atoms with Crippen LogP contribution in [0.3, 0.4) is 0 Å². The first-order valence-corrected chi connectivity index (χ1v) is 9.46. The monoisotopic (exact) mass is 398 g/mol. The molecule has 1 aromatic rings. The number of benzene rings is 1. The summed E-state index contributed by atoms with van der Waals surface area (Å²) < 4.78 is 11.1. The van der Waals surface area contributed by atoms with Gasteiger partial charge >= 0.3 is 12.1 Å². The number of esters is 1. The highest BCUT2D eigenvalue weighted by atomic mass is 16.6. The number of azide groups is 1. The molecule has 0 aromatic heterocycles. The molecule has 4 rings (SSSR count). The quantitative estimate of drug-likeness (QED) is 0.274. The minimum atomic E-state index is -1.23. The van der Waals surface area contributed by atoms with Crippen molar-refractivity contribution in [2.45, 2.75) is 42.4 Å². The van der Waals surface area contributed by atoms with E-state index < -0.39 is 34.7 Å². The third kappa shape index (κ3) is 2.34. The fraction of sp³-hybridized carbons (Fsp3) is 0.500. The second kappa shape index (κ2) is 6.50. The summed E-state index contributed by atoms with van der Waals surface area (Å²) in [5, 5.41) is 14.5. The molecule has 1 amide bonds. The van der Waals surface area contributed by atoms with Crippen LogP contribution in [0.2, 0.25) is 0 Å². The Kier molecular flexibility index (Phi) is 4.33. The van der Waals surface area contributed by atoms with Crippen LogP contribution in [-0.2, 0) is 19.9 Å². The van der Waals surface area contributed by atoms with Crippen LogP contribution in [0.4, 0.5) is 10.5 Å². The molecule has 1 saturated carbocycles. The van der Waals surface area contributed by atoms with Crippen LogP contribution in [0.5, 0.6) is 0 Å². The number of aliphatic hydroxyl groups is 1. The Labute approximate surface area is 167 Å². The summed E-state index contributed by atoms with van der Waals surface area (Å²) >= 11 is 0. The van der Waals surface area contributed by atoms with Gasteiger partial charge in [0.2, 0.25) is 0 Å². The lowest BCUT2D eigenvalue weighted by Gasteiger charge is -2.50. The largest absolute Gasteiger partial charge is 0.452 e. The normalized spacial score (nSPS) is 34.3. The molecule has 1 N–H and O–H groups in total. The van der Waals surface area contributed by atoms with E-state index in [1.54, 1.807) is 12.1 Å². The zero-order chi connectivity index (χ0) is 20.9. The van der Waals surface area contributed by atoms with Gasteiger partial charge in [0.25, 0.3) is 0 Å². The van der Waals surface area contributed by atoms with E-state index in [0.717, 1.165) is 0 Å². The highest BCUT2D eigenvalue weighted by molar-refractivity contribution is 5.98. The number of hydrogen-bond donors (Lipinski definition) is 1. The molecule has 2 aliphatic heterocycles. The van der Waals surface area contributed by atoms with Gasteiger partial charge in [0.05, 0.1) is 24.3 Å². The van der Waals surface area contributed by atoms with Crippen molar-refractivity contribution in [1.29, 1.82) is 0 Å². The first-order valence-electron chi connectivity index (χ1n) is 9.46. The molecule has 0 radical (unpaired) electrons. The van der Waals surface area contributed by atoms with E-state index in [9.17, 15) is 14.7 Å². The van der Waals surface area contributed by atoms with Gasteiger partial charge < -0.3 is 14.6 Å². The Bertz CT molecular complexity index is 945. The van der Waals surface area contributed by atoms with Crippen molar-refractivity contribution in [2.75, 3.05) is 18.6 Å². The predicted octanol–water partition coefficient (Wildman–Crippen LogP) is 3.18. The molecule has 2 heterocycles. The number of carbonyl (C=O) groups excluding carboxylic acids is 2. The van der Waals surface area contributed by atoms with Gasteiger partial charge in [0, 0.05) is 17.0 Å². The number of methoxy groups -OCH3 is 1. The van der Waals surface area contributed by atoms with Crippen LogP contribution in [0.25, 0.3) is 10.4 Å². The summed E-state index contributed by atoms with van der Waals surface area (Å²) in [6.45, 7) is 3.79. The summed E-state index contributed by atoms with van der Waals surface area (Å²) in [4.78, 5) is 30.4. The molecular formula is C20H22N4O5. The Hall–Kier alpha value is -3.03. The Morgan fingerprint density at radius 2 is 2.28 bits per heavy atom. The van der Waals surface area contributed by atoms with E-state index >= 15 is 0 Å². The maximum atomic E-state index is 13.1. The number of para-hydroxylation sites is 1. The Morgan fingerprint density at radius 3 is 2.97 bits per heavy atom. The van der Waals surface area contributed by atoms with E-state index in [0.29, 0.717) is 24.1 Å². The summed E-state index contributed by atoms with van der Waals surface area (Å²) in [7, 11) is 1.29. The average molecular weight is 398 g/mol. The summed E-state index contributed by atoms with van der Waals surface area (Å²) in [5.74, 6) is -1.27. The molecule has 4 unspecified atom stereocenters. The lowest BCUT2D eigenvalue weighted by Crippen LogP contribution is -2.64. The van der Waals surface area contributed by atoms with E-state index in [4.69, 9.17) is 15.0 Å². The molecule has 4 atom stereocenters. The molecule has 9 heteroatoms. The van der Waals surface area contributed by atoms with Crippen LogP contribution < -0.4 is 4.90 Å². The van der Waals surface area contributed by atoms with Crippen molar-refractivity contribution < 1.29 is 24.2 Å². The number of ether oxygens (including phenoxy) is 2. The van der Waals surface area contributed by atoms with Crippen LogP contribution in [0.15, 0.2) is 42.0 Å². The molecule has 0 bridgehead atoms. The number of fused-ring (bicyclic) bond motifs is 2. The number of rotatable bonds is 4. The highest BCUT2D eigenvalue weighted by Crippen LogP contribution is 2.66. The van der Waals surface area contributed by atoms with Gasteiger partial charge in [-0.05, 0) is 37.3 Å². The lowest BCUT2D eigenvalue weighted by atomic mass is 9.60. The van der Waals surface area contributed by atoms with Crippen molar-refractivity contribution in [3.8, 4) is 0 Å². The average Bonchev–Trinajstić information content (AvgIpc) is 3.10. The van der Waals surface area contributed by atoms with Gasteiger partial charge in [0.1, 0.15) is 5.54 Å². The second-order valence-electron chi connectivity index (χ2n) is 7.76. The summed E-state index contributed by atoms with van der Waals surface area (Å²) in [6, 6.07) is 7.22. The molecule has 9 nitrogen and oxygen atoms in total. The number of amides is 1. The molecule has 1 saturated heterocycles. The number of anilines is 1. The van der Waals surface area contributed by atoms with Crippen LogP contribution in [0.1, 0.15) is 31.2 Å². The zero-order valence-electron chi connectivity index (χ0n) is 16.1. The Morgan fingerprint density at radius 1 is 1.52 bits per heavy atom. The van der Waals surface area contributed by atoms with E-state index in [2.05, 4.69) is 16.6 Å². The molecule has 1 aliphatic carbocycles. The highest BCUT2D eigenvalue weighted by Gasteiger charge is 2.76. The Balaban J connectivity index is 1.96. The third-order valence-corrected chi connectivity index (χ3v) is 6.68. The molecule has 152 valence electrons. The van der Waals surface area contributed by atoms with Crippen LogP contribution in [-0.4, -0.2) is 42.0 Å². The third-order valence-electron chi connectivity index (χ3n) is 6.68. The maximum absolute atomic E-state index is 13.1. The van der Waals surface area contributed by atoms with Crippen molar-refractivity contribution >= 4 is 17.7 Å². The molecule has 1 spiro atoms. The number of nitrogens with zero attached hydrogens (tertiary/aromatic N) is 4. The standard InChI is InChI=1S/C20H22N4O5/c1-3-18(27)8-9-19-14(12-18)16(25)29-20(19,10-11-22-23-21)13-6-4-5-7-15(13)24(19)17(26)28-2/h3-7,14,27H,1,8-12H2,2H3. The molecule has 29 heavy (non-hydrogen) atoms. The van der Waals surface area contributed by atoms with Gasteiger partial charge in [-0.25, -0.2) is 4.79 Å². The molecule has 2 fully saturated rings. The van der Waals surface area contributed by atoms with Crippen molar-refractivity contribution in [3.63, 3.8) is 0 Å². The van der Waals surface area contributed by atoms with Gasteiger partial charge in [-0.2, -0.15) is 0 Å². The van der Waals surface area contributed by atoms with Gasteiger partial charge in [0.15, 0.2) is 5.60 Å². The fourth-order valence-electron chi connectivity index (χ4n) is 5.45. The SMILES string of the molecule is C=CC1(O)CCC23C(C1)C(=O)OC2(CCN=[N+]=[N-])c1ccccc1N3C(=O)OC. The van der Waals surface area contributed by atoms with E-state index in [1.165, 1.54) is 18.1 Å². The topological polar surface area (TPSA) is 125 Å². The van der Waals surface area contributed by atoms with Crippen molar-refractivity contribution in [1.82, 2.24) is 0 Å². The number of hydrogen-bond acceptors (Lipinski definition) is 6. The van der Waals surface area contributed by atoms with Crippen LogP contribution in [0, 0.1) is 5.92 Å². The lowest BCUT2D eigenvalue weighted by molar-refractivity contribution is -0.152. The van der Waals surface area contributed by atoms with Gasteiger partial charge in [-0.3, -0.25) is 9.69 Å². The van der Waals surface area contributed by atoms with Gasteiger partial charge in [-0.15, -0.1) is 6.58 Å². The predicted molar refractivity (Wildman–Crippen MR) is 103 cm³/mol. The van der Waals surface area contributed by atoms with Gasteiger partial charge in [-0.1, -0.05) is 29.4 Å². The van der Waals surface area contributed by atoms with Crippen molar-refractivity contribution in [3.05, 3.63) is 52.9 Å². The number of carbonyl (C=O) groups is 2. The summed E-state index contributed by atoms with van der Waals surface area (Å²) in [5.41, 5.74) is 6.54. The minimum Gasteiger partial charge on any atom is -0.452 e. The molecule has 1 aromatic carbocycles. The van der Waals surface area contributed by atoms with Crippen LogP contribution >= 0.6 is 0 Å². The first kappa shape index (κ1) is 19.3. The first-order chi connectivity index (χ1) is 13.9. The summed E-state index contributed by atoms with van der Waals surface area (Å²) in [6.07, 6.45) is 1.74. The van der Waals surface area contributed by atoms with Crippen molar-refractivity contribution in [2.24, 2.45) is 11.0 Å². The van der Waals surface area contributed by atoms with E-state index in [1.807, 2.05) is 12.1 Å². The smallest absolute Gasteiger partial charge is 0.414 e. The minimum absolute atomic E-state index is 0.0834.